The van der Waals surface area contributed by atoms with Gasteiger partial charge in [-0.05, 0) is 43.2 Å². The molecule has 1 fully saturated rings. The topological polar surface area (TPSA) is 56.2 Å². The molecule has 0 unspecified atom stereocenters. The van der Waals surface area contributed by atoms with Gasteiger partial charge in [0.25, 0.3) is 5.91 Å². The summed E-state index contributed by atoms with van der Waals surface area (Å²) >= 11 is 6.31. The molecule has 30 heavy (non-hydrogen) atoms. The van der Waals surface area contributed by atoms with Crippen LogP contribution in [0.5, 0.6) is 0 Å². The van der Waals surface area contributed by atoms with Crippen molar-refractivity contribution < 1.29 is 9.59 Å². The Kier molecular flexibility index (Phi) is 5.77. The zero-order valence-corrected chi connectivity index (χ0v) is 18.0. The van der Waals surface area contributed by atoms with E-state index in [4.69, 9.17) is 11.6 Å². The Hall–Kier alpha value is -2.86. The Labute approximate surface area is 181 Å². The van der Waals surface area contributed by atoms with E-state index >= 15 is 0 Å². The molecule has 2 aliphatic rings. The molecule has 2 aromatic carbocycles. The number of hydrogen-bond acceptors (Lipinski definition) is 4. The molecular weight excluding hydrogens is 400 g/mol. The molecule has 2 aliphatic heterocycles. The minimum atomic E-state index is -0.0865. The normalized spacial score (nSPS) is 17.2. The number of halogens is 1. The van der Waals surface area contributed by atoms with Crippen molar-refractivity contribution in [3.05, 3.63) is 58.6 Å². The summed E-state index contributed by atoms with van der Waals surface area (Å²) < 4.78 is 0. The molecule has 4 rings (SSSR count). The lowest BCUT2D eigenvalue weighted by Crippen LogP contribution is -2.51. The van der Waals surface area contributed by atoms with E-state index in [9.17, 15) is 9.59 Å². The Balaban J connectivity index is 1.49. The Morgan fingerprint density at radius 2 is 1.70 bits per heavy atom. The van der Waals surface area contributed by atoms with E-state index in [-0.39, 0.29) is 18.2 Å². The summed E-state index contributed by atoms with van der Waals surface area (Å²) in [5.74, 6) is -0.166. The number of aryl methyl sites for hydroxylation is 2. The third kappa shape index (κ3) is 4.05. The summed E-state index contributed by atoms with van der Waals surface area (Å²) in [6.45, 7) is 6.54. The van der Waals surface area contributed by atoms with Gasteiger partial charge < -0.3 is 9.80 Å². The number of nitrogens with zero attached hydrogens (tertiary/aromatic N) is 4. The molecule has 156 valence electrons. The van der Waals surface area contributed by atoms with E-state index in [1.165, 1.54) is 5.01 Å². The van der Waals surface area contributed by atoms with E-state index in [2.05, 4.69) is 10.0 Å². The highest BCUT2D eigenvalue weighted by Gasteiger charge is 2.30. The van der Waals surface area contributed by atoms with Gasteiger partial charge in [-0.2, -0.15) is 5.10 Å². The van der Waals surface area contributed by atoms with Gasteiger partial charge >= 0.3 is 0 Å². The largest absolute Gasteiger partial charge is 0.367 e. The fraction of sp³-hybridized carbons (Fsp3) is 0.348. The Morgan fingerprint density at radius 1 is 0.967 bits per heavy atom. The van der Waals surface area contributed by atoms with Gasteiger partial charge in [0.1, 0.15) is 5.71 Å². The number of amides is 2. The van der Waals surface area contributed by atoms with E-state index in [1.807, 2.05) is 61.2 Å². The molecule has 2 aromatic rings. The van der Waals surface area contributed by atoms with Crippen molar-refractivity contribution in [2.75, 3.05) is 36.1 Å². The van der Waals surface area contributed by atoms with Gasteiger partial charge in [0.2, 0.25) is 5.91 Å². The third-order valence-corrected chi connectivity index (χ3v) is 5.95. The molecule has 2 heterocycles. The smallest absolute Gasteiger partial charge is 0.270 e. The highest BCUT2D eigenvalue weighted by Crippen LogP contribution is 2.27. The molecule has 0 atom stereocenters. The zero-order chi connectivity index (χ0) is 21.3. The van der Waals surface area contributed by atoms with Crippen molar-refractivity contribution in [2.45, 2.75) is 26.7 Å². The van der Waals surface area contributed by atoms with Crippen LogP contribution in [0, 0.1) is 13.8 Å². The van der Waals surface area contributed by atoms with E-state index in [1.54, 1.807) is 0 Å². The van der Waals surface area contributed by atoms with Crippen molar-refractivity contribution in [1.82, 2.24) is 4.90 Å². The van der Waals surface area contributed by atoms with Gasteiger partial charge in [-0.3, -0.25) is 9.59 Å². The highest BCUT2D eigenvalue weighted by atomic mass is 35.5. The number of carbonyl (C=O) groups excluding carboxylic acids is 2. The van der Waals surface area contributed by atoms with Crippen molar-refractivity contribution in [3.8, 4) is 0 Å². The molecule has 7 heteroatoms. The summed E-state index contributed by atoms with van der Waals surface area (Å²) in [4.78, 5) is 29.6. The quantitative estimate of drug-likeness (QED) is 0.753. The van der Waals surface area contributed by atoms with Crippen LogP contribution >= 0.6 is 11.6 Å². The maximum Gasteiger partial charge on any atom is 0.270 e. The van der Waals surface area contributed by atoms with Gasteiger partial charge in [0.15, 0.2) is 0 Å². The van der Waals surface area contributed by atoms with Crippen molar-refractivity contribution in [2.24, 2.45) is 5.10 Å². The molecule has 6 nitrogen and oxygen atoms in total. The van der Waals surface area contributed by atoms with Gasteiger partial charge in [0, 0.05) is 39.0 Å². The average molecular weight is 425 g/mol. The fourth-order valence-electron chi connectivity index (χ4n) is 3.88. The van der Waals surface area contributed by atoms with Crippen LogP contribution in [0.15, 0.2) is 47.6 Å². The first-order valence-electron chi connectivity index (χ1n) is 10.2. The van der Waals surface area contributed by atoms with Crippen LogP contribution in [-0.4, -0.2) is 48.6 Å². The molecule has 1 saturated heterocycles. The van der Waals surface area contributed by atoms with Crippen molar-refractivity contribution in [3.63, 3.8) is 0 Å². The molecule has 2 amide bonds. The summed E-state index contributed by atoms with van der Waals surface area (Å²) in [6, 6.07) is 13.7. The number of hydrogen-bond donors (Lipinski definition) is 0. The van der Waals surface area contributed by atoms with Crippen LogP contribution < -0.4 is 9.91 Å². The SMILES string of the molecule is Cc1ccc(C)c(N2N=C(C(=O)N3CCN(c4ccccc4Cl)CC3)CCC2=O)c1. The molecular formula is C23H25ClN4O2. The molecule has 0 radical (unpaired) electrons. The first kappa shape index (κ1) is 20.4. The molecule has 0 aliphatic carbocycles. The number of piperazine rings is 1. The van der Waals surface area contributed by atoms with Gasteiger partial charge in [-0.1, -0.05) is 35.9 Å². The standard InChI is InChI=1S/C23H25ClN4O2/c1-16-7-8-17(2)21(15-16)28-22(29)10-9-19(25-28)23(30)27-13-11-26(12-14-27)20-6-4-3-5-18(20)24/h3-8,15H,9-14H2,1-2H3. The first-order chi connectivity index (χ1) is 14.4. The van der Waals surface area contributed by atoms with E-state index in [0.717, 1.165) is 27.5 Å². The lowest BCUT2D eigenvalue weighted by molar-refractivity contribution is -0.124. The summed E-state index contributed by atoms with van der Waals surface area (Å²) in [6.07, 6.45) is 0.668. The van der Waals surface area contributed by atoms with Crippen LogP contribution in [0.1, 0.15) is 24.0 Å². The van der Waals surface area contributed by atoms with Crippen LogP contribution in [0.2, 0.25) is 5.02 Å². The van der Waals surface area contributed by atoms with E-state index in [0.29, 0.717) is 38.3 Å². The second-order valence-electron chi connectivity index (χ2n) is 7.77. The molecule has 0 aromatic heterocycles. The monoisotopic (exact) mass is 424 g/mol. The number of carbonyl (C=O) groups is 2. The number of anilines is 2. The Morgan fingerprint density at radius 3 is 2.43 bits per heavy atom. The van der Waals surface area contributed by atoms with Crippen molar-refractivity contribution in [1.29, 1.82) is 0 Å². The van der Waals surface area contributed by atoms with E-state index < -0.39 is 0 Å². The average Bonchev–Trinajstić information content (AvgIpc) is 2.76. The molecule has 0 bridgehead atoms. The summed E-state index contributed by atoms with van der Waals surface area (Å²) in [5, 5.41) is 6.60. The second kappa shape index (κ2) is 8.48. The predicted octanol–water partition coefficient (Wildman–Crippen LogP) is 3.79. The first-order valence-corrected chi connectivity index (χ1v) is 10.6. The third-order valence-electron chi connectivity index (χ3n) is 5.63. The van der Waals surface area contributed by atoms with Crippen LogP contribution in [0.4, 0.5) is 11.4 Å². The lowest BCUT2D eigenvalue weighted by atomic mass is 10.1. The highest BCUT2D eigenvalue weighted by molar-refractivity contribution is 6.40. The predicted molar refractivity (Wildman–Crippen MR) is 120 cm³/mol. The van der Waals surface area contributed by atoms with Crippen LogP contribution in [-0.2, 0) is 9.59 Å². The Bertz CT molecular complexity index is 1010. The molecule has 0 spiro atoms. The van der Waals surface area contributed by atoms with Gasteiger partial charge in [0.05, 0.1) is 16.4 Å². The number of para-hydroxylation sites is 1. The van der Waals surface area contributed by atoms with Gasteiger partial charge in [-0.25, -0.2) is 5.01 Å². The molecule has 0 saturated carbocycles. The van der Waals surface area contributed by atoms with Crippen LogP contribution in [0.25, 0.3) is 0 Å². The number of benzene rings is 2. The van der Waals surface area contributed by atoms with Gasteiger partial charge in [-0.15, -0.1) is 0 Å². The summed E-state index contributed by atoms with van der Waals surface area (Å²) in [5.41, 5.74) is 4.19. The summed E-state index contributed by atoms with van der Waals surface area (Å²) in [7, 11) is 0. The number of rotatable bonds is 3. The number of hydrazone groups is 1. The zero-order valence-electron chi connectivity index (χ0n) is 17.3. The maximum absolute atomic E-state index is 13.1. The van der Waals surface area contributed by atoms with Crippen LogP contribution in [0.3, 0.4) is 0 Å². The maximum atomic E-state index is 13.1. The molecule has 0 N–H and O–H groups in total. The second-order valence-corrected chi connectivity index (χ2v) is 8.18. The minimum absolute atomic E-state index is 0.0798. The minimum Gasteiger partial charge on any atom is -0.367 e. The fourth-order valence-corrected chi connectivity index (χ4v) is 4.14. The van der Waals surface area contributed by atoms with Crippen molar-refractivity contribution >= 4 is 40.5 Å². The lowest BCUT2D eigenvalue weighted by Gasteiger charge is -2.37.